The summed E-state index contributed by atoms with van der Waals surface area (Å²) >= 11 is 0. The Morgan fingerprint density at radius 3 is 2.23 bits per heavy atom. The van der Waals surface area contributed by atoms with Gasteiger partial charge in [0.2, 0.25) is 5.78 Å². The molecule has 1 aliphatic rings. The third-order valence-corrected chi connectivity index (χ3v) is 5.59. The molecule has 31 heavy (non-hydrogen) atoms. The van der Waals surface area contributed by atoms with Crippen molar-refractivity contribution in [2.24, 2.45) is 0 Å². The smallest absolute Gasteiger partial charge is 0.278 e. The van der Waals surface area contributed by atoms with Crippen LogP contribution in [0.4, 0.5) is 0 Å². The summed E-state index contributed by atoms with van der Waals surface area (Å²) in [6.07, 6.45) is 2.00. The molecule has 164 valence electrons. The fourth-order valence-corrected chi connectivity index (χ4v) is 3.74. The fourth-order valence-electron chi connectivity index (χ4n) is 3.74. The van der Waals surface area contributed by atoms with Gasteiger partial charge in [-0.3, -0.25) is 19.3 Å². The summed E-state index contributed by atoms with van der Waals surface area (Å²) in [6, 6.07) is 17.4. The van der Waals surface area contributed by atoms with Gasteiger partial charge in [0.25, 0.3) is 17.5 Å². The highest BCUT2D eigenvalue weighted by Crippen LogP contribution is 2.24. The lowest BCUT2D eigenvalue weighted by Gasteiger charge is -2.34. The number of rotatable bonds is 8. The molecule has 2 aromatic carbocycles. The van der Waals surface area contributed by atoms with Crippen molar-refractivity contribution in [2.45, 2.75) is 25.0 Å². The van der Waals surface area contributed by atoms with E-state index in [9.17, 15) is 19.5 Å². The SMILES string of the molecule is CN1CCCN(CCCCNC(=O)c2ccccc2)C(=O)[C@@]1(O)C(=O)c1ccccc1. The van der Waals surface area contributed by atoms with Crippen molar-refractivity contribution in [3.8, 4) is 0 Å². The molecule has 2 amide bonds. The summed E-state index contributed by atoms with van der Waals surface area (Å²) in [7, 11) is 1.60. The predicted molar refractivity (Wildman–Crippen MR) is 118 cm³/mol. The first-order valence-corrected chi connectivity index (χ1v) is 10.6. The highest BCUT2D eigenvalue weighted by Gasteiger charge is 2.51. The summed E-state index contributed by atoms with van der Waals surface area (Å²) in [5.41, 5.74) is -1.30. The van der Waals surface area contributed by atoms with Gasteiger partial charge in [-0.05, 0) is 38.4 Å². The second-order valence-corrected chi connectivity index (χ2v) is 7.76. The molecule has 7 nitrogen and oxygen atoms in total. The van der Waals surface area contributed by atoms with Crippen molar-refractivity contribution in [3.05, 3.63) is 71.8 Å². The van der Waals surface area contributed by atoms with E-state index in [0.29, 0.717) is 56.6 Å². The minimum absolute atomic E-state index is 0.129. The molecule has 2 N–H and O–H groups in total. The van der Waals surface area contributed by atoms with Crippen LogP contribution in [0, 0.1) is 0 Å². The maximum Gasteiger partial charge on any atom is 0.278 e. The van der Waals surface area contributed by atoms with Crippen molar-refractivity contribution < 1.29 is 19.5 Å². The maximum atomic E-state index is 13.2. The molecule has 3 rings (SSSR count). The van der Waals surface area contributed by atoms with Crippen LogP contribution < -0.4 is 5.32 Å². The second kappa shape index (κ2) is 10.3. The first-order valence-electron chi connectivity index (χ1n) is 10.6. The molecule has 1 aliphatic heterocycles. The van der Waals surface area contributed by atoms with Gasteiger partial charge in [0.05, 0.1) is 0 Å². The van der Waals surface area contributed by atoms with E-state index in [1.807, 2.05) is 18.2 Å². The molecule has 0 saturated carbocycles. The Morgan fingerprint density at radius 1 is 0.968 bits per heavy atom. The van der Waals surface area contributed by atoms with Gasteiger partial charge >= 0.3 is 0 Å². The van der Waals surface area contributed by atoms with Crippen LogP contribution in [0.25, 0.3) is 0 Å². The first kappa shape index (κ1) is 22.7. The fraction of sp³-hybridized carbons (Fsp3) is 0.375. The number of aliphatic hydroxyl groups is 1. The van der Waals surface area contributed by atoms with Crippen LogP contribution in [0.3, 0.4) is 0 Å². The lowest BCUT2D eigenvalue weighted by Crippen LogP contribution is -2.61. The van der Waals surface area contributed by atoms with Gasteiger partial charge in [0, 0.05) is 37.3 Å². The molecule has 7 heteroatoms. The van der Waals surface area contributed by atoms with Crippen molar-refractivity contribution in [3.63, 3.8) is 0 Å². The average Bonchev–Trinajstić information content (AvgIpc) is 2.91. The molecular formula is C24H29N3O4. The number of nitrogens with one attached hydrogen (secondary N) is 1. The number of carbonyl (C=O) groups excluding carboxylic acids is 3. The number of ketones is 1. The van der Waals surface area contributed by atoms with Gasteiger partial charge in [-0.1, -0.05) is 48.5 Å². The number of likely N-dealkylation sites (N-methyl/N-ethyl adjacent to an activating group) is 1. The van der Waals surface area contributed by atoms with Gasteiger partial charge in [-0.15, -0.1) is 0 Å². The minimum Gasteiger partial charge on any atom is -0.361 e. The second-order valence-electron chi connectivity index (χ2n) is 7.76. The Hall–Kier alpha value is -3.03. The monoisotopic (exact) mass is 423 g/mol. The van der Waals surface area contributed by atoms with Gasteiger partial charge < -0.3 is 15.3 Å². The Labute approximate surface area is 182 Å². The number of nitrogens with zero attached hydrogens (tertiary/aromatic N) is 2. The number of amides is 2. The van der Waals surface area contributed by atoms with Gasteiger partial charge in [0.15, 0.2) is 0 Å². The largest absolute Gasteiger partial charge is 0.361 e. The van der Waals surface area contributed by atoms with E-state index < -0.39 is 17.4 Å². The van der Waals surface area contributed by atoms with E-state index in [4.69, 9.17) is 0 Å². The molecule has 0 unspecified atom stereocenters. The van der Waals surface area contributed by atoms with Crippen molar-refractivity contribution in [2.75, 3.05) is 33.2 Å². The lowest BCUT2D eigenvalue weighted by atomic mass is 9.98. The van der Waals surface area contributed by atoms with Crippen molar-refractivity contribution in [1.82, 2.24) is 15.1 Å². The normalized spacial score (nSPS) is 19.7. The zero-order valence-corrected chi connectivity index (χ0v) is 17.8. The zero-order valence-electron chi connectivity index (χ0n) is 17.8. The quantitative estimate of drug-likeness (QED) is 0.385. The van der Waals surface area contributed by atoms with Gasteiger partial charge in [-0.25, -0.2) is 0 Å². The van der Waals surface area contributed by atoms with E-state index in [-0.39, 0.29) is 5.91 Å². The van der Waals surface area contributed by atoms with E-state index in [1.165, 1.54) is 4.90 Å². The number of hydrogen-bond donors (Lipinski definition) is 2. The number of carbonyl (C=O) groups is 3. The molecule has 1 saturated heterocycles. The summed E-state index contributed by atoms with van der Waals surface area (Å²) in [5.74, 6) is -1.33. The van der Waals surface area contributed by atoms with Crippen LogP contribution >= 0.6 is 0 Å². The van der Waals surface area contributed by atoms with E-state index in [0.717, 1.165) is 0 Å². The number of benzene rings is 2. The van der Waals surface area contributed by atoms with E-state index in [1.54, 1.807) is 54.4 Å². The molecule has 0 aromatic heterocycles. The molecule has 0 spiro atoms. The first-order chi connectivity index (χ1) is 14.9. The van der Waals surface area contributed by atoms with Crippen LogP contribution in [-0.4, -0.2) is 71.5 Å². The summed E-state index contributed by atoms with van der Waals surface area (Å²) in [5, 5.41) is 14.1. The van der Waals surface area contributed by atoms with Gasteiger partial charge in [0.1, 0.15) is 0 Å². The standard InChI is InChI=1S/C24H29N3O4/c1-26-16-10-18-27(17-9-8-15-25-22(29)20-13-6-3-7-14-20)23(30)24(26,31)21(28)19-11-4-2-5-12-19/h2-7,11-14,31H,8-10,15-18H2,1H3,(H,25,29)/t24-/m0/s1. The molecule has 1 atom stereocenters. The Morgan fingerprint density at radius 2 is 1.58 bits per heavy atom. The van der Waals surface area contributed by atoms with Crippen molar-refractivity contribution >= 4 is 17.6 Å². The Kier molecular flexibility index (Phi) is 7.55. The Balaban J connectivity index is 1.57. The van der Waals surface area contributed by atoms with Crippen LogP contribution in [0.5, 0.6) is 0 Å². The van der Waals surface area contributed by atoms with Crippen LogP contribution in [-0.2, 0) is 4.79 Å². The van der Waals surface area contributed by atoms with Crippen LogP contribution in [0.2, 0.25) is 0 Å². The number of Topliss-reactive ketones (excluding diaryl/α,β-unsaturated/α-hetero) is 1. The minimum atomic E-state index is -2.21. The van der Waals surface area contributed by atoms with Gasteiger partial charge in [-0.2, -0.15) is 0 Å². The van der Waals surface area contributed by atoms with E-state index in [2.05, 4.69) is 5.32 Å². The molecule has 1 fully saturated rings. The van der Waals surface area contributed by atoms with Crippen molar-refractivity contribution in [1.29, 1.82) is 0 Å². The highest BCUT2D eigenvalue weighted by molar-refractivity contribution is 6.16. The number of hydrogen-bond acceptors (Lipinski definition) is 5. The maximum absolute atomic E-state index is 13.2. The predicted octanol–water partition coefficient (Wildman–Crippen LogP) is 1.93. The molecule has 0 aliphatic carbocycles. The van der Waals surface area contributed by atoms with E-state index >= 15 is 0 Å². The molecule has 1 heterocycles. The molecule has 2 aromatic rings. The summed E-state index contributed by atoms with van der Waals surface area (Å²) in [4.78, 5) is 41.3. The van der Waals surface area contributed by atoms with Crippen LogP contribution in [0.1, 0.15) is 40.0 Å². The molecule has 0 radical (unpaired) electrons. The highest BCUT2D eigenvalue weighted by atomic mass is 16.3. The Bertz CT molecular complexity index is 904. The third-order valence-electron chi connectivity index (χ3n) is 5.59. The number of unbranched alkanes of at least 4 members (excludes halogenated alkanes) is 1. The third kappa shape index (κ3) is 5.18. The summed E-state index contributed by atoms with van der Waals surface area (Å²) < 4.78 is 0. The average molecular weight is 424 g/mol. The molecular weight excluding hydrogens is 394 g/mol. The topological polar surface area (TPSA) is 89.9 Å². The lowest BCUT2D eigenvalue weighted by molar-refractivity contribution is -0.158. The summed E-state index contributed by atoms with van der Waals surface area (Å²) in [6.45, 7) is 1.81. The van der Waals surface area contributed by atoms with Crippen LogP contribution in [0.15, 0.2) is 60.7 Å². The molecule has 0 bridgehead atoms. The zero-order chi connectivity index (χ0) is 22.3.